The van der Waals surface area contributed by atoms with Crippen molar-refractivity contribution < 1.29 is 9.53 Å². The van der Waals surface area contributed by atoms with Gasteiger partial charge in [-0.3, -0.25) is 4.79 Å². The molecule has 4 nitrogen and oxygen atoms in total. The lowest BCUT2D eigenvalue weighted by Crippen LogP contribution is -2.51. The number of hydrogen-bond donors (Lipinski definition) is 1. The summed E-state index contributed by atoms with van der Waals surface area (Å²) in [6, 6.07) is 1.25. The molecule has 0 aromatic rings. The molecule has 1 heterocycles. The Morgan fingerprint density at radius 2 is 1.90 bits per heavy atom. The summed E-state index contributed by atoms with van der Waals surface area (Å²) >= 11 is 0. The van der Waals surface area contributed by atoms with E-state index in [0.717, 1.165) is 37.8 Å². The molecule has 1 N–H and O–H groups in total. The van der Waals surface area contributed by atoms with Gasteiger partial charge >= 0.3 is 0 Å². The first-order valence-corrected chi connectivity index (χ1v) is 8.13. The van der Waals surface area contributed by atoms with Gasteiger partial charge in [0.25, 0.3) is 0 Å². The van der Waals surface area contributed by atoms with E-state index in [-0.39, 0.29) is 12.5 Å². The fourth-order valence-corrected chi connectivity index (χ4v) is 3.58. The smallest absolute Gasteiger partial charge is 0.248 e. The largest absolute Gasteiger partial charge is 0.375 e. The van der Waals surface area contributed by atoms with Gasteiger partial charge in [-0.1, -0.05) is 20.3 Å². The third-order valence-corrected chi connectivity index (χ3v) is 5.02. The number of nitrogens with zero attached hydrogens (tertiary/aromatic N) is 1. The molecule has 0 bridgehead atoms. The van der Waals surface area contributed by atoms with Crippen LogP contribution in [-0.4, -0.2) is 49.7 Å². The highest BCUT2D eigenvalue weighted by Crippen LogP contribution is 2.29. The first-order chi connectivity index (χ1) is 9.60. The van der Waals surface area contributed by atoms with Crippen LogP contribution in [0.4, 0.5) is 0 Å². The van der Waals surface area contributed by atoms with Gasteiger partial charge in [0.15, 0.2) is 0 Å². The number of amides is 1. The summed E-state index contributed by atoms with van der Waals surface area (Å²) in [5.74, 6) is 1.78. The van der Waals surface area contributed by atoms with E-state index in [1.165, 1.54) is 19.3 Å². The van der Waals surface area contributed by atoms with Gasteiger partial charge in [-0.05, 0) is 37.5 Å². The van der Waals surface area contributed by atoms with E-state index in [1.54, 1.807) is 7.11 Å². The molecule has 1 saturated heterocycles. The molecule has 2 rings (SSSR count). The molecule has 0 aromatic heterocycles. The molecule has 3 unspecified atom stereocenters. The average molecular weight is 282 g/mol. The number of likely N-dealkylation sites (tertiary alicyclic amines) is 1. The molecule has 1 aliphatic carbocycles. The van der Waals surface area contributed by atoms with E-state index in [1.807, 2.05) is 4.90 Å². The Balaban J connectivity index is 1.75. The SMILES string of the molecule is COCC(=O)N1CCC(NC2CC(C)CCC2C)CC1. The summed E-state index contributed by atoms with van der Waals surface area (Å²) in [7, 11) is 1.58. The minimum atomic E-state index is 0.130. The second-order valence-electron chi connectivity index (χ2n) is 6.76. The average Bonchev–Trinajstić information content (AvgIpc) is 2.44. The number of hydrogen-bond acceptors (Lipinski definition) is 3. The Morgan fingerprint density at radius 1 is 1.20 bits per heavy atom. The van der Waals surface area contributed by atoms with Crippen LogP contribution in [-0.2, 0) is 9.53 Å². The molecule has 2 aliphatic rings. The Labute approximate surface area is 123 Å². The Hall–Kier alpha value is -0.610. The summed E-state index contributed by atoms with van der Waals surface area (Å²) in [4.78, 5) is 13.7. The molecule has 4 heteroatoms. The number of ether oxygens (including phenoxy) is 1. The molecular weight excluding hydrogens is 252 g/mol. The minimum Gasteiger partial charge on any atom is -0.375 e. The number of rotatable bonds is 4. The predicted molar refractivity (Wildman–Crippen MR) is 80.6 cm³/mol. The summed E-state index contributed by atoms with van der Waals surface area (Å²) in [5.41, 5.74) is 0. The summed E-state index contributed by atoms with van der Waals surface area (Å²) in [6.45, 7) is 6.70. The molecule has 1 aliphatic heterocycles. The van der Waals surface area contributed by atoms with Crippen LogP contribution in [0.2, 0.25) is 0 Å². The highest BCUT2D eigenvalue weighted by Gasteiger charge is 2.29. The molecule has 1 amide bonds. The third kappa shape index (κ3) is 4.19. The zero-order valence-electron chi connectivity index (χ0n) is 13.2. The lowest BCUT2D eigenvalue weighted by atomic mass is 9.79. The molecule has 0 radical (unpaired) electrons. The van der Waals surface area contributed by atoms with Crippen molar-refractivity contribution in [2.45, 2.75) is 58.0 Å². The van der Waals surface area contributed by atoms with Crippen molar-refractivity contribution in [3.8, 4) is 0 Å². The first-order valence-electron chi connectivity index (χ1n) is 8.13. The fourth-order valence-electron chi connectivity index (χ4n) is 3.58. The third-order valence-electron chi connectivity index (χ3n) is 5.02. The van der Waals surface area contributed by atoms with Crippen LogP contribution < -0.4 is 5.32 Å². The van der Waals surface area contributed by atoms with Crippen molar-refractivity contribution in [3.63, 3.8) is 0 Å². The Morgan fingerprint density at radius 3 is 2.55 bits per heavy atom. The first kappa shape index (κ1) is 15.8. The van der Waals surface area contributed by atoms with Crippen LogP contribution in [0.5, 0.6) is 0 Å². The zero-order chi connectivity index (χ0) is 14.5. The van der Waals surface area contributed by atoms with Crippen molar-refractivity contribution in [2.75, 3.05) is 26.8 Å². The van der Waals surface area contributed by atoms with E-state index in [4.69, 9.17) is 4.74 Å². The van der Waals surface area contributed by atoms with Gasteiger partial charge in [0.2, 0.25) is 5.91 Å². The minimum absolute atomic E-state index is 0.130. The maximum Gasteiger partial charge on any atom is 0.248 e. The quantitative estimate of drug-likeness (QED) is 0.858. The van der Waals surface area contributed by atoms with Gasteiger partial charge < -0.3 is 15.0 Å². The summed E-state index contributed by atoms with van der Waals surface area (Å²) < 4.78 is 4.92. The van der Waals surface area contributed by atoms with Crippen LogP contribution in [0, 0.1) is 11.8 Å². The van der Waals surface area contributed by atoms with Gasteiger partial charge in [-0.2, -0.15) is 0 Å². The maximum atomic E-state index is 11.8. The normalized spacial score (nSPS) is 32.4. The number of carbonyl (C=O) groups is 1. The van der Waals surface area contributed by atoms with Gasteiger partial charge in [-0.25, -0.2) is 0 Å². The van der Waals surface area contributed by atoms with Gasteiger partial charge in [-0.15, -0.1) is 0 Å². The Kier molecular flexibility index (Phi) is 5.85. The summed E-state index contributed by atoms with van der Waals surface area (Å²) in [5, 5.41) is 3.86. The molecule has 1 saturated carbocycles. The van der Waals surface area contributed by atoms with Crippen LogP contribution >= 0.6 is 0 Å². The number of carbonyl (C=O) groups excluding carboxylic acids is 1. The number of nitrogens with one attached hydrogen (secondary N) is 1. The van der Waals surface area contributed by atoms with E-state index >= 15 is 0 Å². The second kappa shape index (κ2) is 7.41. The van der Waals surface area contributed by atoms with E-state index in [9.17, 15) is 4.79 Å². The molecule has 116 valence electrons. The van der Waals surface area contributed by atoms with Gasteiger partial charge in [0.05, 0.1) is 0 Å². The van der Waals surface area contributed by atoms with E-state index < -0.39 is 0 Å². The highest BCUT2D eigenvalue weighted by molar-refractivity contribution is 5.77. The van der Waals surface area contributed by atoms with E-state index in [0.29, 0.717) is 12.1 Å². The predicted octanol–water partition coefficient (Wildman–Crippen LogP) is 2.04. The fraction of sp³-hybridized carbons (Fsp3) is 0.938. The van der Waals surface area contributed by atoms with Crippen LogP contribution in [0.25, 0.3) is 0 Å². The monoisotopic (exact) mass is 282 g/mol. The molecule has 20 heavy (non-hydrogen) atoms. The van der Waals surface area contributed by atoms with Crippen LogP contribution in [0.3, 0.4) is 0 Å². The van der Waals surface area contributed by atoms with Crippen molar-refractivity contribution in [3.05, 3.63) is 0 Å². The second-order valence-corrected chi connectivity index (χ2v) is 6.76. The van der Waals surface area contributed by atoms with Crippen LogP contribution in [0.1, 0.15) is 46.0 Å². The lowest BCUT2D eigenvalue weighted by Gasteiger charge is -2.39. The molecule has 2 fully saturated rings. The molecular formula is C16H30N2O2. The molecule has 0 aromatic carbocycles. The zero-order valence-corrected chi connectivity index (χ0v) is 13.2. The topological polar surface area (TPSA) is 41.6 Å². The van der Waals surface area contributed by atoms with Crippen LogP contribution in [0.15, 0.2) is 0 Å². The van der Waals surface area contributed by atoms with Gasteiger partial charge in [0, 0.05) is 32.3 Å². The summed E-state index contributed by atoms with van der Waals surface area (Å²) in [6.07, 6.45) is 6.19. The lowest BCUT2D eigenvalue weighted by molar-refractivity contribution is -0.136. The van der Waals surface area contributed by atoms with Crippen molar-refractivity contribution in [1.29, 1.82) is 0 Å². The van der Waals surface area contributed by atoms with Crippen molar-refractivity contribution in [2.24, 2.45) is 11.8 Å². The highest BCUT2D eigenvalue weighted by atomic mass is 16.5. The molecule has 3 atom stereocenters. The van der Waals surface area contributed by atoms with E-state index in [2.05, 4.69) is 19.2 Å². The number of piperidine rings is 1. The van der Waals surface area contributed by atoms with Crippen molar-refractivity contribution in [1.82, 2.24) is 10.2 Å². The standard InChI is InChI=1S/C16H30N2O2/c1-12-4-5-13(2)15(10-12)17-14-6-8-18(9-7-14)16(19)11-20-3/h12-15,17H,4-11H2,1-3H3. The Bertz CT molecular complexity index is 314. The maximum absolute atomic E-state index is 11.8. The number of methoxy groups -OCH3 is 1. The van der Waals surface area contributed by atoms with Crippen molar-refractivity contribution >= 4 is 5.91 Å². The molecule has 0 spiro atoms. The van der Waals surface area contributed by atoms with Gasteiger partial charge in [0.1, 0.15) is 6.61 Å².